The molecule has 1 aromatic rings. The van der Waals surface area contributed by atoms with Crippen molar-refractivity contribution in [3.8, 4) is 0 Å². The normalized spacial score (nSPS) is 18.3. The van der Waals surface area contributed by atoms with Crippen molar-refractivity contribution in [3.05, 3.63) is 11.8 Å². The number of hydrogen-bond acceptors (Lipinski definition) is 5. The molecule has 1 N–H and O–H groups in total. The highest BCUT2D eigenvalue weighted by Crippen LogP contribution is 2.23. The Hall–Kier alpha value is -2.05. The molecular weight excluding hydrogens is 298 g/mol. The average Bonchev–Trinajstić information content (AvgIpc) is 3.04. The predicted octanol–water partition coefficient (Wildman–Crippen LogP) is 3.14. The minimum atomic E-state index is -0.586. The Morgan fingerprint density at radius 2 is 2.13 bits per heavy atom. The first-order valence-electron chi connectivity index (χ1n) is 7.94. The van der Waals surface area contributed by atoms with Gasteiger partial charge in [0.15, 0.2) is 0 Å². The van der Waals surface area contributed by atoms with Crippen molar-refractivity contribution in [1.29, 1.82) is 0 Å². The fourth-order valence-electron chi connectivity index (χ4n) is 2.40. The van der Waals surface area contributed by atoms with Gasteiger partial charge in [-0.2, -0.15) is 0 Å². The highest BCUT2D eigenvalue weighted by Gasteiger charge is 2.37. The standard InChI is InChI=1S/C16H25N3O4/c1-10(2)11-9-13(23-18-11)17-14(20)12-7-6-8-19(12)15(21)22-16(3,4)5/h9-10,12H,6-8H2,1-5H3,(H,17,20). The minimum Gasteiger partial charge on any atom is -0.444 e. The molecule has 2 amide bonds. The lowest BCUT2D eigenvalue weighted by Gasteiger charge is -2.27. The molecule has 7 nitrogen and oxygen atoms in total. The summed E-state index contributed by atoms with van der Waals surface area (Å²) in [6.45, 7) is 9.91. The van der Waals surface area contributed by atoms with Gasteiger partial charge in [0.1, 0.15) is 11.6 Å². The van der Waals surface area contributed by atoms with Crippen LogP contribution in [0.5, 0.6) is 0 Å². The number of carbonyl (C=O) groups is 2. The van der Waals surface area contributed by atoms with Crippen LogP contribution in [0.1, 0.15) is 59.1 Å². The fourth-order valence-corrected chi connectivity index (χ4v) is 2.40. The second-order valence-electron chi connectivity index (χ2n) is 7.09. The third kappa shape index (κ3) is 4.46. The second kappa shape index (κ2) is 6.60. The number of ether oxygens (including phenoxy) is 1. The van der Waals surface area contributed by atoms with E-state index in [-0.39, 0.29) is 11.8 Å². The molecule has 1 aliphatic rings. The summed E-state index contributed by atoms with van der Waals surface area (Å²) in [5.74, 6) is 0.240. The Balaban J connectivity index is 2.01. The summed E-state index contributed by atoms with van der Waals surface area (Å²) in [5.41, 5.74) is 0.188. The number of amides is 2. The van der Waals surface area contributed by atoms with Gasteiger partial charge < -0.3 is 9.26 Å². The number of hydrogen-bond donors (Lipinski definition) is 1. The quantitative estimate of drug-likeness (QED) is 0.923. The third-order valence-electron chi connectivity index (χ3n) is 3.55. The van der Waals surface area contributed by atoms with Crippen molar-refractivity contribution in [2.45, 2.75) is 65.0 Å². The zero-order valence-electron chi connectivity index (χ0n) is 14.4. The van der Waals surface area contributed by atoms with Gasteiger partial charge in [-0.1, -0.05) is 19.0 Å². The molecule has 0 saturated carbocycles. The van der Waals surface area contributed by atoms with E-state index < -0.39 is 17.7 Å². The van der Waals surface area contributed by atoms with Gasteiger partial charge in [-0.3, -0.25) is 15.0 Å². The predicted molar refractivity (Wildman–Crippen MR) is 85.2 cm³/mol. The molecule has 128 valence electrons. The van der Waals surface area contributed by atoms with Crippen LogP contribution in [0.25, 0.3) is 0 Å². The molecule has 0 spiro atoms. The van der Waals surface area contributed by atoms with Crippen LogP contribution in [0.3, 0.4) is 0 Å². The van der Waals surface area contributed by atoms with Crippen molar-refractivity contribution >= 4 is 17.9 Å². The number of aromatic nitrogens is 1. The van der Waals surface area contributed by atoms with E-state index >= 15 is 0 Å². The molecule has 0 aromatic carbocycles. The van der Waals surface area contributed by atoms with Crippen molar-refractivity contribution in [3.63, 3.8) is 0 Å². The van der Waals surface area contributed by atoms with Gasteiger partial charge >= 0.3 is 6.09 Å². The van der Waals surface area contributed by atoms with Crippen LogP contribution < -0.4 is 5.32 Å². The molecule has 1 saturated heterocycles. The van der Waals surface area contributed by atoms with Crippen LogP contribution in [0, 0.1) is 0 Å². The Labute approximate surface area is 136 Å². The van der Waals surface area contributed by atoms with E-state index in [1.165, 1.54) is 4.90 Å². The maximum Gasteiger partial charge on any atom is 0.410 e. The monoisotopic (exact) mass is 323 g/mol. The van der Waals surface area contributed by atoms with Gasteiger partial charge in [0.2, 0.25) is 11.8 Å². The number of nitrogens with zero attached hydrogens (tertiary/aromatic N) is 2. The molecule has 1 atom stereocenters. The molecule has 0 aliphatic carbocycles. The molecule has 1 aromatic heterocycles. The molecule has 0 bridgehead atoms. The van der Waals surface area contributed by atoms with Gasteiger partial charge in [-0.05, 0) is 39.5 Å². The number of nitrogens with one attached hydrogen (secondary N) is 1. The smallest absolute Gasteiger partial charge is 0.410 e. The van der Waals surface area contributed by atoms with Crippen LogP contribution in [0.2, 0.25) is 0 Å². The van der Waals surface area contributed by atoms with E-state index in [2.05, 4.69) is 10.5 Å². The van der Waals surface area contributed by atoms with Crippen molar-refractivity contribution in [2.75, 3.05) is 11.9 Å². The summed E-state index contributed by atoms with van der Waals surface area (Å²) in [5, 5.41) is 6.59. The van der Waals surface area contributed by atoms with E-state index in [0.29, 0.717) is 18.8 Å². The number of carbonyl (C=O) groups excluding carboxylic acids is 2. The van der Waals surface area contributed by atoms with Gasteiger partial charge in [-0.25, -0.2) is 4.79 Å². The molecule has 7 heteroatoms. The first-order chi connectivity index (χ1) is 10.7. The zero-order chi connectivity index (χ0) is 17.2. The van der Waals surface area contributed by atoms with Crippen LogP contribution in [-0.2, 0) is 9.53 Å². The lowest BCUT2D eigenvalue weighted by atomic mass is 10.1. The molecule has 2 rings (SSSR count). The Bertz CT molecular complexity index is 574. The van der Waals surface area contributed by atoms with E-state index in [0.717, 1.165) is 12.1 Å². The number of likely N-dealkylation sites (tertiary alicyclic amines) is 1. The Morgan fingerprint density at radius 3 is 2.70 bits per heavy atom. The lowest BCUT2D eigenvalue weighted by Crippen LogP contribution is -2.45. The Kier molecular flexibility index (Phi) is 4.97. The highest BCUT2D eigenvalue weighted by molar-refractivity contribution is 5.95. The van der Waals surface area contributed by atoms with E-state index in [4.69, 9.17) is 9.26 Å². The minimum absolute atomic E-state index is 0.217. The van der Waals surface area contributed by atoms with E-state index in [1.54, 1.807) is 26.8 Å². The molecule has 1 fully saturated rings. The number of rotatable bonds is 3. The summed E-state index contributed by atoms with van der Waals surface area (Å²) in [6, 6.07) is 1.16. The van der Waals surface area contributed by atoms with Gasteiger partial charge in [0.05, 0.1) is 5.69 Å². The maximum atomic E-state index is 12.4. The van der Waals surface area contributed by atoms with Crippen molar-refractivity contribution in [2.24, 2.45) is 0 Å². The first-order valence-corrected chi connectivity index (χ1v) is 7.94. The van der Waals surface area contributed by atoms with Crippen molar-refractivity contribution in [1.82, 2.24) is 10.1 Å². The second-order valence-corrected chi connectivity index (χ2v) is 7.09. The first kappa shape index (κ1) is 17.3. The topological polar surface area (TPSA) is 84.7 Å². The zero-order valence-corrected chi connectivity index (χ0v) is 14.4. The largest absolute Gasteiger partial charge is 0.444 e. The van der Waals surface area contributed by atoms with E-state index in [1.807, 2.05) is 13.8 Å². The molecule has 2 heterocycles. The molecule has 23 heavy (non-hydrogen) atoms. The van der Waals surface area contributed by atoms with Crippen LogP contribution >= 0.6 is 0 Å². The molecule has 0 radical (unpaired) electrons. The van der Waals surface area contributed by atoms with Gasteiger partial charge in [0, 0.05) is 12.6 Å². The summed E-state index contributed by atoms with van der Waals surface area (Å²) in [4.78, 5) is 26.1. The number of anilines is 1. The summed E-state index contributed by atoms with van der Waals surface area (Å²) >= 11 is 0. The SMILES string of the molecule is CC(C)c1cc(NC(=O)C2CCCN2C(=O)OC(C)(C)C)on1. The third-order valence-corrected chi connectivity index (χ3v) is 3.55. The highest BCUT2D eigenvalue weighted by atomic mass is 16.6. The summed E-state index contributed by atoms with van der Waals surface area (Å²) in [7, 11) is 0. The summed E-state index contributed by atoms with van der Waals surface area (Å²) < 4.78 is 10.5. The van der Waals surface area contributed by atoms with E-state index in [9.17, 15) is 9.59 Å². The van der Waals surface area contributed by atoms with Crippen molar-refractivity contribution < 1.29 is 18.8 Å². The molecule has 1 unspecified atom stereocenters. The maximum absolute atomic E-state index is 12.4. The fraction of sp³-hybridized carbons (Fsp3) is 0.688. The Morgan fingerprint density at radius 1 is 1.43 bits per heavy atom. The molecular formula is C16H25N3O4. The lowest BCUT2D eigenvalue weighted by molar-refractivity contribution is -0.120. The summed E-state index contributed by atoms with van der Waals surface area (Å²) in [6.07, 6.45) is 0.914. The molecule has 1 aliphatic heterocycles. The van der Waals surface area contributed by atoms with Gasteiger partial charge in [-0.15, -0.1) is 0 Å². The van der Waals surface area contributed by atoms with Crippen LogP contribution in [0.4, 0.5) is 10.7 Å². The van der Waals surface area contributed by atoms with Gasteiger partial charge in [0.25, 0.3) is 0 Å². The average molecular weight is 323 g/mol. The van der Waals surface area contributed by atoms with Crippen LogP contribution in [-0.4, -0.2) is 40.2 Å². The van der Waals surface area contributed by atoms with Crippen LogP contribution in [0.15, 0.2) is 10.6 Å².